The molecule has 0 spiro atoms. The average molecular weight is 403 g/mol. The van der Waals surface area contributed by atoms with Gasteiger partial charge in [0.2, 0.25) is 11.8 Å². The zero-order chi connectivity index (χ0) is 20.3. The Bertz CT molecular complexity index is 973. The molecule has 6 nitrogen and oxygen atoms in total. The van der Waals surface area contributed by atoms with E-state index in [1.165, 1.54) is 24.5 Å². The van der Waals surface area contributed by atoms with Gasteiger partial charge >= 0.3 is 0 Å². The van der Waals surface area contributed by atoms with Crippen molar-refractivity contribution in [3.05, 3.63) is 41.3 Å². The van der Waals surface area contributed by atoms with Crippen molar-refractivity contribution in [2.75, 3.05) is 6.61 Å². The van der Waals surface area contributed by atoms with Crippen LogP contribution in [0.3, 0.4) is 0 Å². The van der Waals surface area contributed by atoms with Crippen LogP contribution in [0.1, 0.15) is 38.6 Å². The summed E-state index contributed by atoms with van der Waals surface area (Å²) in [6, 6.07) is 6.48. The summed E-state index contributed by atoms with van der Waals surface area (Å²) < 4.78 is 26.4. The number of halogens is 1. The number of hydrogen-bond acceptors (Lipinski definition) is 6. The van der Waals surface area contributed by atoms with Gasteiger partial charge in [-0.3, -0.25) is 4.79 Å². The molecule has 0 bridgehead atoms. The van der Waals surface area contributed by atoms with Crippen molar-refractivity contribution >= 4 is 27.5 Å². The van der Waals surface area contributed by atoms with Crippen LogP contribution in [0.2, 0.25) is 0 Å². The monoisotopic (exact) mass is 403 g/mol. The van der Waals surface area contributed by atoms with Crippen molar-refractivity contribution in [1.82, 2.24) is 15.3 Å². The second kappa shape index (κ2) is 8.52. The highest BCUT2D eigenvalue weighted by molar-refractivity contribution is 7.18. The minimum Gasteiger partial charge on any atom is -0.475 e. The standard InChI is InChI=1S/C20H22FN3O3S/c1-11(2)20-24-15-6-7-16(18(21)19(15)28-20)27-14-5-8-17(22-9-14)26-10-12(3)23-13(4)25/h5-9,11-12H,10H2,1-4H3,(H,23,25). The summed E-state index contributed by atoms with van der Waals surface area (Å²) >= 11 is 1.34. The van der Waals surface area contributed by atoms with Crippen LogP contribution in [0.5, 0.6) is 17.4 Å². The van der Waals surface area contributed by atoms with Gasteiger partial charge in [-0.25, -0.2) is 14.4 Å². The topological polar surface area (TPSA) is 73.3 Å². The number of thiazole rings is 1. The summed E-state index contributed by atoms with van der Waals surface area (Å²) in [5.41, 5.74) is 0.633. The third kappa shape index (κ3) is 4.75. The maximum absolute atomic E-state index is 14.8. The van der Waals surface area contributed by atoms with E-state index in [0.29, 0.717) is 28.5 Å². The van der Waals surface area contributed by atoms with E-state index < -0.39 is 5.82 Å². The van der Waals surface area contributed by atoms with Crippen LogP contribution in [-0.2, 0) is 4.79 Å². The Balaban J connectivity index is 1.68. The Morgan fingerprint density at radius 3 is 2.68 bits per heavy atom. The van der Waals surface area contributed by atoms with Crippen LogP contribution < -0.4 is 14.8 Å². The first kappa shape index (κ1) is 20.0. The third-order valence-electron chi connectivity index (χ3n) is 3.84. The maximum atomic E-state index is 14.8. The van der Waals surface area contributed by atoms with Crippen molar-refractivity contribution in [3.8, 4) is 17.4 Å². The summed E-state index contributed by atoms with van der Waals surface area (Å²) in [5.74, 6) is 0.616. The van der Waals surface area contributed by atoms with Crippen molar-refractivity contribution in [2.24, 2.45) is 0 Å². The molecule has 2 heterocycles. The first-order chi connectivity index (χ1) is 13.3. The molecule has 28 heavy (non-hydrogen) atoms. The lowest BCUT2D eigenvalue weighted by atomic mass is 10.2. The smallest absolute Gasteiger partial charge is 0.217 e. The van der Waals surface area contributed by atoms with Crippen LogP contribution in [0.4, 0.5) is 4.39 Å². The first-order valence-electron chi connectivity index (χ1n) is 8.96. The lowest BCUT2D eigenvalue weighted by Gasteiger charge is -2.13. The fraction of sp³-hybridized carbons (Fsp3) is 0.350. The highest BCUT2D eigenvalue weighted by Gasteiger charge is 2.15. The Hall–Kier alpha value is -2.74. The van der Waals surface area contributed by atoms with Crippen LogP contribution in [0.15, 0.2) is 30.5 Å². The van der Waals surface area contributed by atoms with E-state index in [9.17, 15) is 9.18 Å². The van der Waals surface area contributed by atoms with Gasteiger partial charge < -0.3 is 14.8 Å². The predicted octanol–water partition coefficient (Wildman–Crippen LogP) is 4.65. The number of aromatic nitrogens is 2. The maximum Gasteiger partial charge on any atom is 0.217 e. The Morgan fingerprint density at radius 2 is 2.04 bits per heavy atom. The first-order valence-corrected chi connectivity index (χ1v) is 9.78. The number of ether oxygens (including phenoxy) is 2. The molecule has 1 aromatic carbocycles. The second-order valence-corrected chi connectivity index (χ2v) is 7.81. The SMILES string of the molecule is CC(=O)NC(C)COc1ccc(Oc2ccc3nc(C(C)C)sc3c2F)cn1. The van der Waals surface area contributed by atoms with Crippen molar-refractivity contribution in [1.29, 1.82) is 0 Å². The zero-order valence-electron chi connectivity index (χ0n) is 16.2. The second-order valence-electron chi connectivity index (χ2n) is 6.78. The molecular formula is C20H22FN3O3S. The van der Waals surface area contributed by atoms with Gasteiger partial charge in [0.15, 0.2) is 11.6 Å². The Morgan fingerprint density at radius 1 is 1.25 bits per heavy atom. The number of carbonyl (C=O) groups is 1. The predicted molar refractivity (Wildman–Crippen MR) is 107 cm³/mol. The molecule has 1 unspecified atom stereocenters. The van der Waals surface area contributed by atoms with Gasteiger partial charge in [0.05, 0.1) is 27.5 Å². The molecule has 0 saturated heterocycles. The van der Waals surface area contributed by atoms with E-state index in [1.807, 2.05) is 20.8 Å². The van der Waals surface area contributed by atoms with Gasteiger partial charge in [-0.15, -0.1) is 11.3 Å². The average Bonchev–Trinajstić information content (AvgIpc) is 3.08. The summed E-state index contributed by atoms with van der Waals surface area (Å²) in [6.07, 6.45) is 1.47. The van der Waals surface area contributed by atoms with Gasteiger partial charge in [-0.05, 0) is 25.1 Å². The van der Waals surface area contributed by atoms with E-state index in [4.69, 9.17) is 9.47 Å². The van der Waals surface area contributed by atoms with Crippen molar-refractivity contribution in [2.45, 2.75) is 39.7 Å². The highest BCUT2D eigenvalue weighted by Crippen LogP contribution is 2.35. The number of fused-ring (bicyclic) bond motifs is 1. The molecule has 0 saturated carbocycles. The molecule has 1 amide bonds. The molecule has 2 aromatic heterocycles. The van der Waals surface area contributed by atoms with Crippen LogP contribution in [0.25, 0.3) is 10.2 Å². The van der Waals surface area contributed by atoms with E-state index in [1.54, 1.807) is 24.3 Å². The van der Waals surface area contributed by atoms with Gasteiger partial charge in [0.1, 0.15) is 12.4 Å². The number of nitrogens with one attached hydrogen (secondary N) is 1. The minimum absolute atomic E-state index is 0.117. The zero-order valence-corrected chi connectivity index (χ0v) is 17.0. The third-order valence-corrected chi connectivity index (χ3v) is 5.20. The number of carbonyl (C=O) groups excluding carboxylic acids is 1. The van der Waals surface area contributed by atoms with Gasteiger partial charge in [0.25, 0.3) is 0 Å². The van der Waals surface area contributed by atoms with Crippen LogP contribution in [-0.4, -0.2) is 28.5 Å². The number of hydrogen-bond donors (Lipinski definition) is 1. The van der Waals surface area contributed by atoms with Gasteiger partial charge in [0, 0.05) is 18.9 Å². The number of benzene rings is 1. The molecule has 8 heteroatoms. The van der Waals surface area contributed by atoms with Crippen LogP contribution >= 0.6 is 11.3 Å². The summed E-state index contributed by atoms with van der Waals surface area (Å²) in [6.45, 7) is 7.63. The largest absolute Gasteiger partial charge is 0.475 e. The highest BCUT2D eigenvalue weighted by atomic mass is 32.1. The number of nitrogens with zero attached hydrogens (tertiary/aromatic N) is 2. The summed E-state index contributed by atoms with van der Waals surface area (Å²) in [5, 5.41) is 3.62. The van der Waals surface area contributed by atoms with Gasteiger partial charge in [-0.1, -0.05) is 13.8 Å². The molecule has 0 aliphatic rings. The lowest BCUT2D eigenvalue weighted by Crippen LogP contribution is -2.35. The fourth-order valence-electron chi connectivity index (χ4n) is 2.52. The number of amides is 1. The molecule has 3 aromatic rings. The summed E-state index contributed by atoms with van der Waals surface area (Å²) in [7, 11) is 0. The molecule has 3 rings (SSSR count). The Kier molecular flexibility index (Phi) is 6.08. The van der Waals surface area contributed by atoms with E-state index in [2.05, 4.69) is 15.3 Å². The lowest BCUT2D eigenvalue weighted by molar-refractivity contribution is -0.119. The molecular weight excluding hydrogens is 381 g/mol. The van der Waals surface area contributed by atoms with Gasteiger partial charge in [-0.2, -0.15) is 0 Å². The quantitative estimate of drug-likeness (QED) is 0.622. The fourth-order valence-corrected chi connectivity index (χ4v) is 3.52. The number of pyridine rings is 1. The summed E-state index contributed by atoms with van der Waals surface area (Å²) in [4.78, 5) is 19.6. The van der Waals surface area contributed by atoms with E-state index in [-0.39, 0.29) is 23.6 Å². The normalized spacial score (nSPS) is 12.2. The van der Waals surface area contributed by atoms with E-state index >= 15 is 0 Å². The van der Waals surface area contributed by atoms with E-state index in [0.717, 1.165) is 5.01 Å². The minimum atomic E-state index is -0.425. The molecule has 1 atom stereocenters. The van der Waals surface area contributed by atoms with Crippen LogP contribution in [0, 0.1) is 5.82 Å². The molecule has 1 N–H and O–H groups in total. The molecule has 0 radical (unpaired) electrons. The molecule has 148 valence electrons. The molecule has 0 aliphatic heterocycles. The molecule has 0 aliphatic carbocycles. The molecule has 0 fully saturated rings. The Labute approximate surface area is 166 Å². The van der Waals surface area contributed by atoms with Crippen molar-refractivity contribution in [3.63, 3.8) is 0 Å². The number of rotatable bonds is 7. The van der Waals surface area contributed by atoms with Crippen molar-refractivity contribution < 1.29 is 18.7 Å².